The van der Waals surface area contributed by atoms with E-state index in [1.165, 1.54) is 18.7 Å². The Hall–Kier alpha value is -1.69. The Morgan fingerprint density at radius 3 is 2.68 bits per heavy atom. The molecule has 0 bridgehead atoms. The predicted molar refractivity (Wildman–Crippen MR) is 74.4 cm³/mol. The molecule has 5 nitrogen and oxygen atoms in total. The number of benzene rings is 1. The van der Waals surface area contributed by atoms with E-state index in [0.717, 1.165) is 11.3 Å². The van der Waals surface area contributed by atoms with E-state index in [4.69, 9.17) is 9.84 Å². The second-order valence-corrected chi connectivity index (χ2v) is 4.95. The second kappa shape index (κ2) is 7.68. The maximum atomic E-state index is 10.9. The molecule has 1 aromatic rings. The Balaban J connectivity index is 2.52. The van der Waals surface area contributed by atoms with Gasteiger partial charge in [-0.25, -0.2) is 4.79 Å². The molecule has 1 unspecified atom stereocenters. The van der Waals surface area contributed by atoms with E-state index < -0.39 is 12.0 Å². The van der Waals surface area contributed by atoms with Gasteiger partial charge in [-0.2, -0.15) is 11.8 Å². The summed E-state index contributed by atoms with van der Waals surface area (Å²) in [5, 5.41) is 11.4. The molecule has 0 aliphatic heterocycles. The summed E-state index contributed by atoms with van der Waals surface area (Å²) >= 11 is 1.44. The molecule has 0 spiro atoms. The lowest BCUT2D eigenvalue weighted by molar-refractivity contribution is -0.140. The number of para-hydroxylation sites is 1. The van der Waals surface area contributed by atoms with Crippen LogP contribution in [0.3, 0.4) is 0 Å². The summed E-state index contributed by atoms with van der Waals surface area (Å²) in [6, 6.07) is 6.71. The smallest absolute Gasteiger partial charge is 0.327 e. The number of methoxy groups -OCH3 is 1. The molecule has 0 saturated carbocycles. The Morgan fingerprint density at radius 2 is 2.11 bits per heavy atom. The van der Waals surface area contributed by atoms with Crippen molar-refractivity contribution < 1.29 is 19.4 Å². The average Bonchev–Trinajstić information content (AvgIpc) is 2.37. The van der Waals surface area contributed by atoms with Gasteiger partial charge in [0.25, 0.3) is 0 Å². The van der Waals surface area contributed by atoms with Crippen molar-refractivity contribution in [2.75, 3.05) is 12.9 Å². The number of hydrogen-bond acceptors (Lipinski definition) is 4. The van der Waals surface area contributed by atoms with E-state index in [-0.39, 0.29) is 5.91 Å². The minimum absolute atomic E-state index is 0.312. The third kappa shape index (κ3) is 5.21. The summed E-state index contributed by atoms with van der Waals surface area (Å²) in [6.45, 7) is 1.31. The van der Waals surface area contributed by atoms with Crippen molar-refractivity contribution >= 4 is 23.6 Å². The summed E-state index contributed by atoms with van der Waals surface area (Å²) in [5.74, 6) is 0.356. The first-order chi connectivity index (χ1) is 9.04. The zero-order chi connectivity index (χ0) is 14.3. The van der Waals surface area contributed by atoms with Crippen LogP contribution < -0.4 is 10.1 Å². The quantitative estimate of drug-likeness (QED) is 0.793. The van der Waals surface area contributed by atoms with Crippen LogP contribution in [-0.2, 0) is 15.3 Å². The van der Waals surface area contributed by atoms with Crippen molar-refractivity contribution in [2.24, 2.45) is 0 Å². The molecule has 0 heterocycles. The van der Waals surface area contributed by atoms with Gasteiger partial charge in [0.05, 0.1) is 7.11 Å². The van der Waals surface area contributed by atoms with Gasteiger partial charge in [-0.05, 0) is 6.07 Å². The number of ether oxygens (including phenoxy) is 1. The minimum atomic E-state index is -1.03. The summed E-state index contributed by atoms with van der Waals surface area (Å²) in [6.07, 6.45) is 0. The maximum Gasteiger partial charge on any atom is 0.327 e. The summed E-state index contributed by atoms with van der Waals surface area (Å²) < 4.78 is 5.22. The van der Waals surface area contributed by atoms with Crippen molar-refractivity contribution in [1.29, 1.82) is 0 Å². The lowest BCUT2D eigenvalue weighted by Gasteiger charge is -2.13. The molecule has 6 heteroatoms. The fourth-order valence-electron chi connectivity index (χ4n) is 1.53. The molecule has 1 atom stereocenters. The van der Waals surface area contributed by atoms with Crippen molar-refractivity contribution in [2.45, 2.75) is 18.7 Å². The van der Waals surface area contributed by atoms with E-state index in [9.17, 15) is 9.59 Å². The van der Waals surface area contributed by atoms with E-state index in [0.29, 0.717) is 11.5 Å². The largest absolute Gasteiger partial charge is 0.496 e. The van der Waals surface area contributed by atoms with Gasteiger partial charge in [0.2, 0.25) is 5.91 Å². The number of carboxylic acid groups (broad SMARTS) is 1. The highest BCUT2D eigenvalue weighted by atomic mass is 32.2. The van der Waals surface area contributed by atoms with E-state index >= 15 is 0 Å². The molecule has 0 aliphatic carbocycles. The van der Waals surface area contributed by atoms with Crippen LogP contribution in [0.4, 0.5) is 0 Å². The molecule has 19 heavy (non-hydrogen) atoms. The van der Waals surface area contributed by atoms with Crippen molar-refractivity contribution in [3.8, 4) is 5.75 Å². The normalized spacial score (nSPS) is 11.7. The molecule has 1 amide bonds. The Morgan fingerprint density at radius 1 is 1.42 bits per heavy atom. The predicted octanol–water partition coefficient (Wildman–Crippen LogP) is 1.52. The monoisotopic (exact) mass is 283 g/mol. The highest BCUT2D eigenvalue weighted by Crippen LogP contribution is 2.22. The molecule has 0 radical (unpaired) electrons. The topological polar surface area (TPSA) is 75.6 Å². The Labute approximate surface area is 116 Å². The van der Waals surface area contributed by atoms with Gasteiger partial charge in [0, 0.05) is 24.0 Å². The average molecular weight is 283 g/mol. The van der Waals surface area contributed by atoms with Crippen LogP contribution in [0.25, 0.3) is 0 Å². The first-order valence-electron chi connectivity index (χ1n) is 5.74. The lowest BCUT2D eigenvalue weighted by atomic mass is 10.2. The highest BCUT2D eigenvalue weighted by molar-refractivity contribution is 7.98. The molecule has 0 aromatic heterocycles. The fraction of sp³-hybridized carbons (Fsp3) is 0.385. The molecule has 1 rings (SSSR count). The van der Waals surface area contributed by atoms with Gasteiger partial charge >= 0.3 is 5.97 Å². The zero-order valence-electron chi connectivity index (χ0n) is 10.9. The van der Waals surface area contributed by atoms with Crippen molar-refractivity contribution in [3.63, 3.8) is 0 Å². The van der Waals surface area contributed by atoms with Crippen molar-refractivity contribution in [3.05, 3.63) is 29.8 Å². The summed E-state index contributed by atoms with van der Waals surface area (Å²) in [5.41, 5.74) is 1.00. The Kier molecular flexibility index (Phi) is 6.21. The van der Waals surface area contributed by atoms with Gasteiger partial charge in [-0.3, -0.25) is 4.79 Å². The van der Waals surface area contributed by atoms with Gasteiger partial charge in [0.1, 0.15) is 11.8 Å². The second-order valence-electron chi connectivity index (χ2n) is 3.92. The lowest BCUT2D eigenvalue weighted by Crippen LogP contribution is -2.41. The van der Waals surface area contributed by atoms with Crippen LogP contribution in [-0.4, -0.2) is 35.9 Å². The van der Waals surface area contributed by atoms with Gasteiger partial charge in [0.15, 0.2) is 0 Å². The van der Waals surface area contributed by atoms with Crippen LogP contribution in [0.1, 0.15) is 12.5 Å². The first kappa shape index (κ1) is 15.4. The number of nitrogens with one attached hydrogen (secondary N) is 1. The molecule has 0 fully saturated rings. The van der Waals surface area contributed by atoms with Gasteiger partial charge in [-0.15, -0.1) is 0 Å². The molecular formula is C13H17NO4S. The minimum Gasteiger partial charge on any atom is -0.496 e. The summed E-state index contributed by atoms with van der Waals surface area (Å²) in [7, 11) is 1.60. The van der Waals surface area contributed by atoms with Crippen LogP contribution in [0.2, 0.25) is 0 Å². The number of carbonyl (C=O) groups excluding carboxylic acids is 1. The number of aliphatic carboxylic acids is 1. The Bertz CT molecular complexity index is 450. The van der Waals surface area contributed by atoms with E-state index in [1.54, 1.807) is 7.11 Å². The fourth-order valence-corrected chi connectivity index (χ4v) is 2.57. The molecule has 0 aliphatic rings. The maximum absolute atomic E-state index is 10.9. The number of thioether (sulfide) groups is 1. The highest BCUT2D eigenvalue weighted by Gasteiger charge is 2.18. The van der Waals surface area contributed by atoms with Crippen LogP contribution in [0, 0.1) is 0 Å². The zero-order valence-corrected chi connectivity index (χ0v) is 11.7. The first-order valence-corrected chi connectivity index (χ1v) is 6.89. The summed E-state index contributed by atoms with van der Waals surface area (Å²) in [4.78, 5) is 21.8. The number of carbonyl (C=O) groups is 2. The van der Waals surface area contributed by atoms with E-state index in [2.05, 4.69) is 5.32 Å². The van der Waals surface area contributed by atoms with Crippen LogP contribution in [0.15, 0.2) is 24.3 Å². The third-order valence-electron chi connectivity index (χ3n) is 2.41. The molecular weight excluding hydrogens is 266 g/mol. The molecule has 2 N–H and O–H groups in total. The number of amides is 1. The van der Waals surface area contributed by atoms with Crippen LogP contribution >= 0.6 is 11.8 Å². The third-order valence-corrected chi connectivity index (χ3v) is 3.49. The molecule has 104 valence electrons. The van der Waals surface area contributed by atoms with E-state index in [1.807, 2.05) is 24.3 Å². The molecule has 0 saturated heterocycles. The number of carboxylic acids is 1. The standard InChI is InChI=1S/C13H17NO4S/c1-9(15)14-11(13(16)17)8-19-7-10-5-3-4-6-12(10)18-2/h3-6,11H,7-8H2,1-2H3,(H,14,15)(H,16,17). The van der Waals surface area contributed by atoms with Gasteiger partial charge < -0.3 is 15.2 Å². The number of hydrogen-bond donors (Lipinski definition) is 2. The SMILES string of the molecule is COc1ccccc1CSCC(NC(C)=O)C(=O)O. The number of rotatable bonds is 7. The van der Waals surface area contributed by atoms with Gasteiger partial charge in [-0.1, -0.05) is 18.2 Å². The van der Waals surface area contributed by atoms with Crippen molar-refractivity contribution in [1.82, 2.24) is 5.32 Å². The van der Waals surface area contributed by atoms with Crippen LogP contribution in [0.5, 0.6) is 5.75 Å². The molecule has 1 aromatic carbocycles.